The number of hydrogen-bond donors (Lipinski definition) is 1. The SMILES string of the molecule is CCOc1c(Br)cc(Cl)cc1NCc1c(Cl)cccc1Cl. The summed E-state index contributed by atoms with van der Waals surface area (Å²) in [6, 6.07) is 9.03. The number of rotatable bonds is 5. The van der Waals surface area contributed by atoms with Crippen molar-refractivity contribution in [2.24, 2.45) is 0 Å². The first kappa shape index (κ1) is 16.8. The van der Waals surface area contributed by atoms with Crippen molar-refractivity contribution in [3.05, 3.63) is 55.4 Å². The highest BCUT2D eigenvalue weighted by Gasteiger charge is 2.12. The number of anilines is 1. The molecule has 0 heterocycles. The first-order valence-corrected chi connectivity index (χ1v) is 8.24. The molecular weight excluding hydrogens is 396 g/mol. The van der Waals surface area contributed by atoms with Gasteiger partial charge in [-0.05, 0) is 47.1 Å². The van der Waals surface area contributed by atoms with E-state index in [1.54, 1.807) is 6.07 Å². The van der Waals surface area contributed by atoms with Crippen LogP contribution in [-0.2, 0) is 6.54 Å². The van der Waals surface area contributed by atoms with Crippen molar-refractivity contribution >= 4 is 56.4 Å². The normalized spacial score (nSPS) is 10.5. The molecule has 0 aliphatic heterocycles. The zero-order valence-corrected chi connectivity index (χ0v) is 15.1. The zero-order valence-electron chi connectivity index (χ0n) is 11.2. The van der Waals surface area contributed by atoms with Gasteiger partial charge in [0.1, 0.15) is 0 Å². The van der Waals surface area contributed by atoms with Gasteiger partial charge >= 0.3 is 0 Å². The van der Waals surface area contributed by atoms with Crippen LogP contribution in [0.15, 0.2) is 34.8 Å². The molecule has 1 N–H and O–H groups in total. The van der Waals surface area contributed by atoms with Crippen molar-refractivity contribution < 1.29 is 4.74 Å². The fraction of sp³-hybridized carbons (Fsp3) is 0.200. The van der Waals surface area contributed by atoms with Gasteiger partial charge in [0.25, 0.3) is 0 Å². The molecule has 0 radical (unpaired) electrons. The fourth-order valence-electron chi connectivity index (χ4n) is 1.87. The zero-order chi connectivity index (χ0) is 15.4. The maximum Gasteiger partial charge on any atom is 0.156 e. The van der Waals surface area contributed by atoms with Crippen LogP contribution in [0, 0.1) is 0 Å². The topological polar surface area (TPSA) is 21.3 Å². The molecule has 0 aliphatic carbocycles. The second-order valence-corrected chi connectivity index (χ2v) is 6.36. The van der Waals surface area contributed by atoms with Gasteiger partial charge in [0.15, 0.2) is 5.75 Å². The predicted octanol–water partition coefficient (Wildman–Crippen LogP) is 6.42. The van der Waals surface area contributed by atoms with E-state index in [1.807, 2.05) is 31.2 Å². The van der Waals surface area contributed by atoms with E-state index in [1.165, 1.54) is 0 Å². The molecule has 0 fully saturated rings. The molecule has 0 unspecified atom stereocenters. The molecule has 21 heavy (non-hydrogen) atoms. The Labute approximate surface area is 147 Å². The van der Waals surface area contributed by atoms with E-state index in [4.69, 9.17) is 39.5 Å². The first-order valence-electron chi connectivity index (χ1n) is 6.31. The summed E-state index contributed by atoms with van der Waals surface area (Å²) in [5, 5.41) is 5.12. The lowest BCUT2D eigenvalue weighted by Gasteiger charge is -2.15. The molecule has 0 aromatic heterocycles. The molecule has 0 aliphatic rings. The van der Waals surface area contributed by atoms with E-state index >= 15 is 0 Å². The molecule has 2 aromatic carbocycles. The van der Waals surface area contributed by atoms with Crippen molar-refractivity contribution in [3.63, 3.8) is 0 Å². The number of ether oxygens (including phenoxy) is 1. The minimum atomic E-state index is 0.478. The summed E-state index contributed by atoms with van der Waals surface area (Å²) >= 11 is 21.9. The molecule has 0 bridgehead atoms. The average molecular weight is 410 g/mol. The summed E-state index contributed by atoms with van der Waals surface area (Å²) in [4.78, 5) is 0. The summed E-state index contributed by atoms with van der Waals surface area (Å²) in [7, 11) is 0. The maximum atomic E-state index is 6.17. The van der Waals surface area contributed by atoms with Gasteiger partial charge in [0.2, 0.25) is 0 Å². The Morgan fingerprint density at radius 3 is 2.43 bits per heavy atom. The molecule has 2 nitrogen and oxygen atoms in total. The van der Waals surface area contributed by atoms with Crippen molar-refractivity contribution in [2.75, 3.05) is 11.9 Å². The van der Waals surface area contributed by atoms with E-state index in [2.05, 4.69) is 21.2 Å². The Balaban J connectivity index is 2.27. The van der Waals surface area contributed by atoms with Crippen LogP contribution in [0.25, 0.3) is 0 Å². The third kappa shape index (κ3) is 4.19. The fourth-order valence-corrected chi connectivity index (χ4v) is 3.32. The highest BCUT2D eigenvalue weighted by molar-refractivity contribution is 9.10. The Morgan fingerprint density at radius 2 is 1.81 bits per heavy atom. The van der Waals surface area contributed by atoms with Gasteiger partial charge < -0.3 is 10.1 Å². The Morgan fingerprint density at radius 1 is 1.14 bits per heavy atom. The average Bonchev–Trinajstić information content (AvgIpc) is 2.42. The van der Waals surface area contributed by atoms with Crippen LogP contribution in [0.4, 0.5) is 5.69 Å². The van der Waals surface area contributed by atoms with Crippen molar-refractivity contribution in [2.45, 2.75) is 13.5 Å². The van der Waals surface area contributed by atoms with Crippen LogP contribution in [0.2, 0.25) is 15.1 Å². The molecular formula is C15H13BrCl3NO. The first-order chi connectivity index (χ1) is 10.0. The highest BCUT2D eigenvalue weighted by atomic mass is 79.9. The number of nitrogens with one attached hydrogen (secondary N) is 1. The second-order valence-electron chi connectivity index (χ2n) is 4.25. The summed E-state index contributed by atoms with van der Waals surface area (Å²) in [5.74, 6) is 0.713. The highest BCUT2D eigenvalue weighted by Crippen LogP contribution is 2.37. The van der Waals surface area contributed by atoms with E-state index in [0.717, 1.165) is 15.7 Å². The summed E-state index contributed by atoms with van der Waals surface area (Å²) in [6.45, 7) is 2.96. The van der Waals surface area contributed by atoms with Crippen molar-refractivity contribution in [1.82, 2.24) is 0 Å². The summed E-state index contributed by atoms with van der Waals surface area (Å²) in [6.07, 6.45) is 0. The van der Waals surface area contributed by atoms with Gasteiger partial charge in [-0.1, -0.05) is 40.9 Å². The Bertz CT molecular complexity index is 629. The Kier molecular flexibility index (Phi) is 6.06. The number of hydrogen-bond acceptors (Lipinski definition) is 2. The van der Waals surface area contributed by atoms with Crippen LogP contribution < -0.4 is 10.1 Å². The lowest BCUT2D eigenvalue weighted by Crippen LogP contribution is -2.04. The molecule has 0 saturated heterocycles. The van der Waals surface area contributed by atoms with Gasteiger partial charge in [-0.15, -0.1) is 0 Å². The Hall–Kier alpha value is -0.610. The van der Waals surface area contributed by atoms with Crippen LogP contribution in [-0.4, -0.2) is 6.61 Å². The summed E-state index contributed by atoms with van der Waals surface area (Å²) in [5.41, 5.74) is 1.62. The molecule has 0 spiro atoms. The molecule has 112 valence electrons. The quantitative estimate of drug-likeness (QED) is 0.615. The van der Waals surface area contributed by atoms with E-state index in [0.29, 0.717) is 34.0 Å². The van der Waals surface area contributed by atoms with Gasteiger partial charge in [-0.25, -0.2) is 0 Å². The molecule has 2 rings (SSSR count). The molecule has 2 aromatic rings. The van der Waals surface area contributed by atoms with Gasteiger partial charge in [-0.2, -0.15) is 0 Å². The van der Waals surface area contributed by atoms with E-state index in [-0.39, 0.29) is 0 Å². The predicted molar refractivity (Wildman–Crippen MR) is 94.1 cm³/mol. The van der Waals surface area contributed by atoms with Crippen LogP contribution >= 0.6 is 50.7 Å². The van der Waals surface area contributed by atoms with Crippen molar-refractivity contribution in [1.29, 1.82) is 0 Å². The molecule has 6 heteroatoms. The maximum absolute atomic E-state index is 6.17. The van der Waals surface area contributed by atoms with E-state index in [9.17, 15) is 0 Å². The third-order valence-electron chi connectivity index (χ3n) is 2.81. The minimum absolute atomic E-state index is 0.478. The van der Waals surface area contributed by atoms with E-state index < -0.39 is 0 Å². The lowest BCUT2D eigenvalue weighted by molar-refractivity contribution is 0.339. The lowest BCUT2D eigenvalue weighted by atomic mass is 10.2. The summed E-state index contributed by atoms with van der Waals surface area (Å²) < 4.78 is 6.43. The van der Waals surface area contributed by atoms with Gasteiger partial charge in [0, 0.05) is 27.2 Å². The third-order valence-corrected chi connectivity index (χ3v) is 4.33. The van der Waals surface area contributed by atoms with Gasteiger partial charge in [0.05, 0.1) is 16.8 Å². The largest absolute Gasteiger partial charge is 0.491 e. The van der Waals surface area contributed by atoms with Crippen molar-refractivity contribution in [3.8, 4) is 5.75 Å². The molecule has 0 atom stereocenters. The minimum Gasteiger partial charge on any atom is -0.491 e. The second kappa shape index (κ2) is 7.59. The van der Waals surface area contributed by atoms with Crippen LogP contribution in [0.5, 0.6) is 5.75 Å². The van der Waals surface area contributed by atoms with Gasteiger partial charge in [-0.3, -0.25) is 0 Å². The smallest absolute Gasteiger partial charge is 0.156 e. The molecule has 0 amide bonds. The molecule has 0 saturated carbocycles. The number of benzene rings is 2. The standard InChI is InChI=1S/C15H13BrCl3NO/c1-2-21-15-11(16)6-9(17)7-14(15)20-8-10-12(18)4-3-5-13(10)19/h3-7,20H,2,8H2,1H3. The number of halogens is 4. The monoisotopic (exact) mass is 407 g/mol. The van der Waals surface area contributed by atoms with Crippen LogP contribution in [0.3, 0.4) is 0 Å². The van der Waals surface area contributed by atoms with Crippen LogP contribution in [0.1, 0.15) is 12.5 Å².